The van der Waals surface area contributed by atoms with Crippen LogP contribution in [0.2, 0.25) is 0 Å². The third kappa shape index (κ3) is 5.30. The number of thiazole rings is 1. The highest BCUT2D eigenvalue weighted by Gasteiger charge is 2.48. The van der Waals surface area contributed by atoms with Gasteiger partial charge in [0.05, 0.1) is 31.0 Å². The molecule has 1 N–H and O–H groups in total. The number of amides is 1. The van der Waals surface area contributed by atoms with E-state index in [1.807, 2.05) is 6.07 Å². The molecule has 8 nitrogen and oxygen atoms in total. The maximum atomic E-state index is 13.3. The zero-order valence-electron chi connectivity index (χ0n) is 20.5. The summed E-state index contributed by atoms with van der Waals surface area (Å²) in [6.07, 6.45) is 1.93. The molecule has 192 valence electrons. The Bertz CT molecular complexity index is 1380. The first-order valence-corrected chi connectivity index (χ1v) is 13.2. The fourth-order valence-corrected chi connectivity index (χ4v) is 5.42. The molecule has 0 saturated carbocycles. The molecule has 0 radical (unpaired) electrons. The monoisotopic (exact) mass is 584 g/mol. The van der Waals surface area contributed by atoms with Crippen molar-refractivity contribution in [2.24, 2.45) is 0 Å². The minimum atomic E-state index is -0.964. The number of hydrogen-bond acceptors (Lipinski definition) is 8. The summed E-state index contributed by atoms with van der Waals surface area (Å²) < 4.78 is 11.2. The van der Waals surface area contributed by atoms with Crippen molar-refractivity contribution in [3.05, 3.63) is 80.3 Å². The van der Waals surface area contributed by atoms with Crippen LogP contribution in [0.5, 0.6) is 5.75 Å². The predicted octanol–water partition coefficient (Wildman–Crippen LogP) is 5.81. The van der Waals surface area contributed by atoms with Gasteiger partial charge >= 0.3 is 11.9 Å². The van der Waals surface area contributed by atoms with Crippen molar-refractivity contribution in [1.29, 1.82) is 0 Å². The van der Waals surface area contributed by atoms with Crippen LogP contribution in [0.4, 0.5) is 5.13 Å². The molecule has 1 aliphatic heterocycles. The van der Waals surface area contributed by atoms with Gasteiger partial charge in [-0.2, -0.15) is 0 Å². The van der Waals surface area contributed by atoms with Crippen LogP contribution in [-0.4, -0.2) is 41.5 Å². The van der Waals surface area contributed by atoms with Gasteiger partial charge in [-0.3, -0.25) is 14.5 Å². The van der Waals surface area contributed by atoms with Crippen molar-refractivity contribution >= 4 is 55.8 Å². The van der Waals surface area contributed by atoms with Crippen molar-refractivity contribution in [3.8, 4) is 5.75 Å². The maximum absolute atomic E-state index is 13.3. The second-order valence-corrected chi connectivity index (χ2v) is 10.2. The second kappa shape index (κ2) is 11.3. The van der Waals surface area contributed by atoms with Crippen molar-refractivity contribution in [2.45, 2.75) is 32.7 Å². The summed E-state index contributed by atoms with van der Waals surface area (Å²) in [7, 11) is 1.26. The normalized spacial score (nSPS) is 16.8. The molecular weight excluding hydrogens is 560 g/mol. The largest absolute Gasteiger partial charge is 0.507 e. The molecule has 1 fully saturated rings. The number of nitrogens with zero attached hydrogens (tertiary/aromatic N) is 2. The van der Waals surface area contributed by atoms with Gasteiger partial charge in [-0.25, -0.2) is 9.78 Å². The number of unbranched alkanes of at least 4 members (excludes halogenated alkanes) is 1. The van der Waals surface area contributed by atoms with Crippen LogP contribution in [0.1, 0.15) is 52.3 Å². The van der Waals surface area contributed by atoms with Crippen LogP contribution in [-0.2, 0) is 14.3 Å². The summed E-state index contributed by atoms with van der Waals surface area (Å²) in [6.45, 7) is 4.28. The zero-order chi connectivity index (χ0) is 26.7. The lowest BCUT2D eigenvalue weighted by atomic mass is 9.95. The standard InChI is InChI=1S/C27H25BrN2O6S/c1-4-5-13-36-19-11-9-16(10-12-19)22(31)20-21(17-7-6-8-18(28)14-17)30(25(33)23(20)32)27-29-15(2)24(37-27)26(34)35-3/h6-12,14,21,31H,4-5,13H2,1-3H3/b22-20+. The molecule has 1 saturated heterocycles. The first-order chi connectivity index (χ1) is 17.8. The molecule has 37 heavy (non-hydrogen) atoms. The third-order valence-corrected chi connectivity index (χ3v) is 7.50. The summed E-state index contributed by atoms with van der Waals surface area (Å²) in [4.78, 5) is 44.7. The van der Waals surface area contributed by atoms with Crippen molar-refractivity contribution in [3.63, 3.8) is 0 Å². The molecule has 0 bridgehead atoms. The molecule has 4 rings (SSSR count). The predicted molar refractivity (Wildman–Crippen MR) is 144 cm³/mol. The van der Waals surface area contributed by atoms with E-state index in [0.29, 0.717) is 29.2 Å². The summed E-state index contributed by atoms with van der Waals surface area (Å²) >= 11 is 4.39. The number of esters is 1. The number of Topliss-reactive ketones (excluding diaryl/α,β-unsaturated/α-hetero) is 1. The number of rotatable bonds is 8. The van der Waals surface area contributed by atoms with E-state index in [9.17, 15) is 19.5 Å². The minimum absolute atomic E-state index is 0.0739. The number of carbonyl (C=O) groups excluding carboxylic acids is 3. The van der Waals surface area contributed by atoms with Crippen LogP contribution in [0.15, 0.2) is 58.6 Å². The number of aryl methyl sites for hydroxylation is 1. The molecule has 1 amide bonds. The summed E-state index contributed by atoms with van der Waals surface area (Å²) in [5.74, 6) is -1.96. The molecule has 3 aromatic rings. The van der Waals surface area contributed by atoms with Gasteiger partial charge in [0.1, 0.15) is 16.4 Å². The number of aromatic nitrogens is 1. The Labute approximate surface area is 226 Å². The Hall–Kier alpha value is -3.50. The number of aliphatic hydroxyl groups excluding tert-OH is 1. The maximum Gasteiger partial charge on any atom is 0.350 e. The number of carbonyl (C=O) groups is 3. The Morgan fingerprint density at radius 1 is 1.19 bits per heavy atom. The third-order valence-electron chi connectivity index (χ3n) is 5.87. The lowest BCUT2D eigenvalue weighted by molar-refractivity contribution is -0.132. The quantitative estimate of drug-likeness (QED) is 0.117. The second-order valence-electron chi connectivity index (χ2n) is 8.35. The Kier molecular flexibility index (Phi) is 8.09. The van der Waals surface area contributed by atoms with Crippen LogP contribution < -0.4 is 9.64 Å². The number of ether oxygens (including phenoxy) is 2. The van der Waals surface area contributed by atoms with Gasteiger partial charge in [0.15, 0.2) is 5.13 Å². The number of halogens is 1. The first kappa shape index (κ1) is 26.6. The van der Waals surface area contributed by atoms with E-state index in [0.717, 1.165) is 28.7 Å². The van der Waals surface area contributed by atoms with Gasteiger partial charge in [0.25, 0.3) is 5.78 Å². The lowest BCUT2D eigenvalue weighted by Gasteiger charge is -2.23. The van der Waals surface area contributed by atoms with Crippen LogP contribution in [0.3, 0.4) is 0 Å². The van der Waals surface area contributed by atoms with Gasteiger partial charge in [-0.05, 0) is 55.3 Å². The highest BCUT2D eigenvalue weighted by atomic mass is 79.9. The topological polar surface area (TPSA) is 106 Å². The Morgan fingerprint density at radius 2 is 1.92 bits per heavy atom. The molecular formula is C27H25BrN2O6S. The van der Waals surface area contributed by atoms with E-state index in [2.05, 4.69) is 27.8 Å². The van der Waals surface area contributed by atoms with Gasteiger partial charge in [0, 0.05) is 10.0 Å². The number of aliphatic hydroxyl groups is 1. The van der Waals surface area contributed by atoms with Gasteiger partial charge in [-0.1, -0.05) is 52.7 Å². The molecule has 0 aliphatic carbocycles. The minimum Gasteiger partial charge on any atom is -0.507 e. The lowest BCUT2D eigenvalue weighted by Crippen LogP contribution is -2.29. The molecule has 1 atom stereocenters. The van der Waals surface area contributed by atoms with Crippen molar-refractivity contribution < 1.29 is 29.0 Å². The fraction of sp³-hybridized carbons (Fsp3) is 0.259. The SMILES string of the molecule is CCCCOc1ccc(/C(O)=C2\C(=O)C(=O)N(c3nc(C)c(C(=O)OC)s3)C2c2cccc(Br)c2)cc1. The van der Waals surface area contributed by atoms with E-state index in [1.54, 1.807) is 49.4 Å². The van der Waals surface area contributed by atoms with E-state index in [4.69, 9.17) is 9.47 Å². The molecule has 10 heteroatoms. The summed E-state index contributed by atoms with van der Waals surface area (Å²) in [5, 5.41) is 11.5. The fourth-order valence-electron chi connectivity index (χ4n) is 3.99. The van der Waals surface area contributed by atoms with E-state index < -0.39 is 23.7 Å². The first-order valence-electron chi connectivity index (χ1n) is 11.6. The Balaban J connectivity index is 1.82. The number of ketones is 1. The van der Waals surface area contributed by atoms with Gasteiger partial charge in [-0.15, -0.1) is 0 Å². The smallest absolute Gasteiger partial charge is 0.350 e. The average Bonchev–Trinajstić information content (AvgIpc) is 3.40. The average molecular weight is 585 g/mol. The zero-order valence-corrected chi connectivity index (χ0v) is 22.9. The van der Waals surface area contributed by atoms with Crippen molar-refractivity contribution in [2.75, 3.05) is 18.6 Å². The molecule has 0 spiro atoms. The Morgan fingerprint density at radius 3 is 2.57 bits per heavy atom. The van der Waals surface area contributed by atoms with Crippen LogP contribution >= 0.6 is 27.3 Å². The van der Waals surface area contributed by atoms with E-state index in [-0.39, 0.29) is 21.3 Å². The molecule has 2 aromatic carbocycles. The van der Waals surface area contributed by atoms with Crippen molar-refractivity contribution in [1.82, 2.24) is 4.98 Å². The molecule has 1 aliphatic rings. The van der Waals surface area contributed by atoms with E-state index in [1.165, 1.54) is 12.0 Å². The number of hydrogen-bond donors (Lipinski definition) is 1. The van der Waals surface area contributed by atoms with E-state index >= 15 is 0 Å². The summed E-state index contributed by atoms with van der Waals surface area (Å²) in [6, 6.07) is 12.9. The number of benzene rings is 2. The number of methoxy groups -OCH3 is 1. The highest BCUT2D eigenvalue weighted by Crippen LogP contribution is 2.44. The highest BCUT2D eigenvalue weighted by molar-refractivity contribution is 9.10. The number of anilines is 1. The van der Waals surface area contributed by atoms with Crippen LogP contribution in [0, 0.1) is 6.92 Å². The summed E-state index contributed by atoms with van der Waals surface area (Å²) in [5.41, 5.74) is 1.25. The molecule has 1 unspecified atom stereocenters. The van der Waals surface area contributed by atoms with Gasteiger partial charge in [0.2, 0.25) is 0 Å². The van der Waals surface area contributed by atoms with Gasteiger partial charge < -0.3 is 14.6 Å². The molecule has 1 aromatic heterocycles. The molecule has 2 heterocycles. The van der Waals surface area contributed by atoms with Crippen LogP contribution in [0.25, 0.3) is 5.76 Å².